The summed E-state index contributed by atoms with van der Waals surface area (Å²) in [6, 6.07) is 5.31. The van der Waals surface area contributed by atoms with Crippen LogP contribution in [0, 0.1) is 19.8 Å². The molecule has 156 valence electrons. The van der Waals surface area contributed by atoms with Crippen LogP contribution in [0.1, 0.15) is 37.8 Å². The SMILES string of the molecule is Cc1ccc(S(=O)(=O)N2CCN(C(=O)C3CC(CC(C)C)NN3)CC2)cc1C. The molecule has 2 atom stereocenters. The van der Waals surface area contributed by atoms with Crippen LogP contribution in [-0.4, -0.2) is 61.8 Å². The number of hydrogen-bond donors (Lipinski definition) is 2. The highest BCUT2D eigenvalue weighted by molar-refractivity contribution is 7.89. The number of piperazine rings is 1. The number of nitrogens with zero attached hydrogens (tertiary/aromatic N) is 2. The Morgan fingerprint density at radius 2 is 1.79 bits per heavy atom. The minimum atomic E-state index is -3.52. The van der Waals surface area contributed by atoms with Crippen LogP contribution in [0.4, 0.5) is 0 Å². The van der Waals surface area contributed by atoms with Crippen molar-refractivity contribution in [3.8, 4) is 0 Å². The van der Waals surface area contributed by atoms with E-state index in [-0.39, 0.29) is 11.9 Å². The van der Waals surface area contributed by atoms with Gasteiger partial charge in [-0.05, 0) is 55.9 Å². The van der Waals surface area contributed by atoms with E-state index in [4.69, 9.17) is 0 Å². The van der Waals surface area contributed by atoms with Gasteiger partial charge in [0.2, 0.25) is 15.9 Å². The smallest absolute Gasteiger partial charge is 0.243 e. The van der Waals surface area contributed by atoms with E-state index < -0.39 is 10.0 Å². The van der Waals surface area contributed by atoms with Crippen LogP contribution >= 0.6 is 0 Å². The van der Waals surface area contributed by atoms with Gasteiger partial charge in [-0.25, -0.2) is 13.8 Å². The Kier molecular flexibility index (Phi) is 6.44. The minimum absolute atomic E-state index is 0.0574. The summed E-state index contributed by atoms with van der Waals surface area (Å²) >= 11 is 0. The summed E-state index contributed by atoms with van der Waals surface area (Å²) in [5, 5.41) is 0. The maximum atomic E-state index is 12.9. The molecule has 0 saturated carbocycles. The van der Waals surface area contributed by atoms with Gasteiger partial charge in [-0.1, -0.05) is 19.9 Å². The van der Waals surface area contributed by atoms with Crippen LogP contribution in [0.15, 0.2) is 23.1 Å². The normalized spacial score (nSPS) is 24.1. The van der Waals surface area contributed by atoms with E-state index in [1.165, 1.54) is 4.31 Å². The van der Waals surface area contributed by atoms with Gasteiger partial charge in [0.1, 0.15) is 6.04 Å². The lowest BCUT2D eigenvalue weighted by atomic mass is 9.99. The Labute approximate surface area is 168 Å². The number of nitrogens with one attached hydrogen (secondary N) is 2. The van der Waals surface area contributed by atoms with Gasteiger partial charge in [-0.15, -0.1) is 0 Å². The fraction of sp³-hybridized carbons (Fsp3) is 0.650. The van der Waals surface area contributed by atoms with Crippen molar-refractivity contribution in [2.24, 2.45) is 5.92 Å². The molecule has 28 heavy (non-hydrogen) atoms. The fourth-order valence-electron chi connectivity index (χ4n) is 3.90. The first-order valence-corrected chi connectivity index (χ1v) is 11.5. The van der Waals surface area contributed by atoms with Crippen molar-refractivity contribution < 1.29 is 13.2 Å². The molecule has 8 heteroatoms. The van der Waals surface area contributed by atoms with Gasteiger partial charge in [-0.2, -0.15) is 4.31 Å². The Balaban J connectivity index is 1.58. The number of hydrogen-bond acceptors (Lipinski definition) is 5. The van der Waals surface area contributed by atoms with Crippen LogP contribution in [0.2, 0.25) is 0 Å². The third kappa shape index (κ3) is 4.56. The molecular weight excluding hydrogens is 376 g/mol. The van der Waals surface area contributed by atoms with Crippen molar-refractivity contribution >= 4 is 15.9 Å². The second kappa shape index (κ2) is 8.49. The van der Waals surface area contributed by atoms with Crippen LogP contribution in [0.25, 0.3) is 0 Å². The van der Waals surface area contributed by atoms with Crippen LogP contribution in [-0.2, 0) is 14.8 Å². The number of carbonyl (C=O) groups is 1. The number of sulfonamides is 1. The standard InChI is InChI=1S/C20H32N4O3S/c1-14(2)11-17-13-19(22-21-17)20(25)23-7-9-24(10-8-23)28(26,27)18-6-5-15(3)16(4)12-18/h5-6,12,14,17,19,21-22H,7-11,13H2,1-4H3. The third-order valence-electron chi connectivity index (χ3n) is 5.70. The Morgan fingerprint density at radius 1 is 1.11 bits per heavy atom. The maximum absolute atomic E-state index is 12.9. The predicted octanol–water partition coefficient (Wildman–Crippen LogP) is 1.42. The van der Waals surface area contributed by atoms with Crippen molar-refractivity contribution in [1.82, 2.24) is 20.1 Å². The number of carbonyl (C=O) groups excluding carboxylic acids is 1. The van der Waals surface area contributed by atoms with Crippen molar-refractivity contribution in [1.29, 1.82) is 0 Å². The lowest BCUT2D eigenvalue weighted by Crippen LogP contribution is -2.54. The summed E-state index contributed by atoms with van der Waals surface area (Å²) in [5.74, 6) is 0.634. The average Bonchev–Trinajstić information content (AvgIpc) is 3.11. The third-order valence-corrected chi connectivity index (χ3v) is 7.60. The van der Waals surface area contributed by atoms with Gasteiger partial charge in [0.15, 0.2) is 0 Å². The zero-order valence-corrected chi connectivity index (χ0v) is 18.1. The van der Waals surface area contributed by atoms with E-state index in [1.54, 1.807) is 17.0 Å². The second-order valence-electron chi connectivity index (χ2n) is 8.38. The predicted molar refractivity (Wildman–Crippen MR) is 109 cm³/mol. The molecule has 2 unspecified atom stereocenters. The van der Waals surface area contributed by atoms with E-state index in [0.717, 1.165) is 24.0 Å². The first kappa shape index (κ1) is 21.2. The highest BCUT2D eigenvalue weighted by Gasteiger charge is 2.35. The van der Waals surface area contributed by atoms with Crippen LogP contribution in [0.5, 0.6) is 0 Å². The van der Waals surface area contributed by atoms with Crippen LogP contribution in [0.3, 0.4) is 0 Å². The molecule has 0 aromatic heterocycles. The Bertz CT molecular complexity index is 817. The second-order valence-corrected chi connectivity index (χ2v) is 10.3. The maximum Gasteiger partial charge on any atom is 0.243 e. The molecule has 2 aliphatic heterocycles. The van der Waals surface area contributed by atoms with E-state index >= 15 is 0 Å². The summed E-state index contributed by atoms with van der Waals surface area (Å²) in [4.78, 5) is 14.9. The molecule has 1 aromatic carbocycles. The number of aryl methyl sites for hydroxylation is 2. The molecule has 1 aromatic rings. The summed E-state index contributed by atoms with van der Waals surface area (Å²) in [6.45, 7) is 9.74. The summed E-state index contributed by atoms with van der Waals surface area (Å²) in [6.07, 6.45) is 1.80. The minimum Gasteiger partial charge on any atom is -0.339 e. The largest absolute Gasteiger partial charge is 0.339 e. The van der Waals surface area contributed by atoms with E-state index in [9.17, 15) is 13.2 Å². The van der Waals surface area contributed by atoms with Crippen molar-refractivity contribution in [3.63, 3.8) is 0 Å². The Morgan fingerprint density at radius 3 is 2.39 bits per heavy atom. The van der Waals surface area contributed by atoms with E-state index in [0.29, 0.717) is 43.0 Å². The summed E-state index contributed by atoms with van der Waals surface area (Å²) in [7, 11) is -3.52. The molecule has 0 bridgehead atoms. The van der Waals surface area contributed by atoms with Gasteiger partial charge in [0.05, 0.1) is 4.90 Å². The van der Waals surface area contributed by atoms with Crippen molar-refractivity contribution in [3.05, 3.63) is 29.3 Å². The number of rotatable bonds is 5. The lowest BCUT2D eigenvalue weighted by Gasteiger charge is -2.35. The molecule has 2 saturated heterocycles. The van der Waals surface area contributed by atoms with Crippen LogP contribution < -0.4 is 10.9 Å². The number of hydrazine groups is 1. The lowest BCUT2D eigenvalue weighted by molar-refractivity contribution is -0.134. The molecule has 2 N–H and O–H groups in total. The molecule has 7 nitrogen and oxygen atoms in total. The molecule has 2 heterocycles. The average molecular weight is 409 g/mol. The first-order chi connectivity index (χ1) is 13.2. The van der Waals surface area contributed by atoms with E-state index in [1.807, 2.05) is 19.9 Å². The quantitative estimate of drug-likeness (QED) is 0.770. The molecular formula is C20H32N4O3S. The molecule has 0 aliphatic carbocycles. The Hall–Kier alpha value is -1.48. The molecule has 2 fully saturated rings. The molecule has 3 rings (SSSR count). The van der Waals surface area contributed by atoms with Gasteiger partial charge >= 0.3 is 0 Å². The number of benzene rings is 1. The molecule has 0 radical (unpaired) electrons. The number of amides is 1. The summed E-state index contributed by atoms with van der Waals surface area (Å²) < 4.78 is 27.3. The molecule has 1 amide bonds. The van der Waals surface area contributed by atoms with Crippen molar-refractivity contribution in [2.45, 2.75) is 57.5 Å². The highest BCUT2D eigenvalue weighted by Crippen LogP contribution is 2.21. The first-order valence-electron chi connectivity index (χ1n) is 10.1. The van der Waals surface area contributed by atoms with Gasteiger partial charge < -0.3 is 4.90 Å². The monoisotopic (exact) mass is 408 g/mol. The zero-order valence-electron chi connectivity index (χ0n) is 17.2. The van der Waals surface area contributed by atoms with Gasteiger partial charge in [-0.3, -0.25) is 10.2 Å². The fourth-order valence-corrected chi connectivity index (χ4v) is 5.41. The van der Waals surface area contributed by atoms with Gasteiger partial charge in [0.25, 0.3) is 0 Å². The van der Waals surface area contributed by atoms with Gasteiger partial charge in [0, 0.05) is 32.2 Å². The topological polar surface area (TPSA) is 81.8 Å². The molecule has 2 aliphatic rings. The van der Waals surface area contributed by atoms with E-state index in [2.05, 4.69) is 24.7 Å². The highest BCUT2D eigenvalue weighted by atomic mass is 32.2. The van der Waals surface area contributed by atoms with Crippen molar-refractivity contribution in [2.75, 3.05) is 26.2 Å². The zero-order chi connectivity index (χ0) is 20.5. The summed E-state index contributed by atoms with van der Waals surface area (Å²) in [5.41, 5.74) is 8.37. The molecule has 0 spiro atoms.